The number of hydrogen-bond donors (Lipinski definition) is 1. The molecule has 1 N–H and O–H groups in total. The van der Waals surface area contributed by atoms with Crippen LogP contribution in [0.2, 0.25) is 0 Å². The summed E-state index contributed by atoms with van der Waals surface area (Å²) in [5.41, 5.74) is 1.83. The Bertz CT molecular complexity index is 859. The molecular weight excluding hydrogens is 364 g/mol. The Kier molecular flexibility index (Phi) is 4.22. The number of benzene rings is 2. The van der Waals surface area contributed by atoms with E-state index < -0.39 is 4.92 Å². The normalized spacial score (nSPS) is 10.7. The van der Waals surface area contributed by atoms with Gasteiger partial charge in [0.05, 0.1) is 22.7 Å². The molecule has 0 saturated carbocycles. The highest BCUT2D eigenvalue weighted by Crippen LogP contribution is 2.36. The van der Waals surface area contributed by atoms with Gasteiger partial charge in [0, 0.05) is 16.1 Å². The van der Waals surface area contributed by atoms with E-state index in [-0.39, 0.29) is 23.6 Å². The number of aliphatic hydroxyl groups is 1. The van der Waals surface area contributed by atoms with Crippen LogP contribution >= 0.6 is 15.9 Å². The van der Waals surface area contributed by atoms with Gasteiger partial charge in [0.15, 0.2) is 5.76 Å². The van der Waals surface area contributed by atoms with Gasteiger partial charge in [-0.05, 0) is 18.2 Å². The van der Waals surface area contributed by atoms with Crippen LogP contribution in [0.5, 0.6) is 0 Å². The Morgan fingerprint density at radius 1 is 1.17 bits per heavy atom. The van der Waals surface area contributed by atoms with Gasteiger partial charge >= 0.3 is 0 Å². The van der Waals surface area contributed by atoms with Gasteiger partial charge in [0.25, 0.3) is 5.69 Å². The molecule has 1 heterocycles. The first-order chi connectivity index (χ1) is 11.1. The summed E-state index contributed by atoms with van der Waals surface area (Å²) >= 11 is 3.35. The molecule has 0 aliphatic rings. The van der Waals surface area contributed by atoms with Crippen LogP contribution in [0.1, 0.15) is 5.56 Å². The molecule has 0 atom stereocenters. The second kappa shape index (κ2) is 6.31. The molecule has 0 saturated heterocycles. The van der Waals surface area contributed by atoms with E-state index in [1.165, 1.54) is 6.07 Å². The largest absolute Gasteiger partial charge is 0.391 e. The Morgan fingerprint density at radius 2 is 1.87 bits per heavy atom. The molecule has 0 amide bonds. The lowest BCUT2D eigenvalue weighted by Gasteiger charge is -2.02. The van der Waals surface area contributed by atoms with E-state index in [4.69, 9.17) is 4.52 Å². The lowest BCUT2D eigenvalue weighted by molar-refractivity contribution is -0.384. The molecule has 3 rings (SSSR count). The average molecular weight is 375 g/mol. The number of halogens is 1. The molecule has 0 bridgehead atoms. The van der Waals surface area contributed by atoms with E-state index in [0.717, 1.165) is 10.0 Å². The quantitative estimate of drug-likeness (QED) is 0.546. The van der Waals surface area contributed by atoms with Crippen molar-refractivity contribution in [2.24, 2.45) is 0 Å². The van der Waals surface area contributed by atoms with E-state index >= 15 is 0 Å². The van der Waals surface area contributed by atoms with Gasteiger partial charge in [-0.2, -0.15) is 0 Å². The highest BCUT2D eigenvalue weighted by molar-refractivity contribution is 9.10. The fraction of sp³-hybridized carbons (Fsp3) is 0.0625. The Hall–Kier alpha value is -2.51. The first kappa shape index (κ1) is 15.4. The van der Waals surface area contributed by atoms with Gasteiger partial charge in [-0.3, -0.25) is 10.1 Å². The average Bonchev–Trinajstić information content (AvgIpc) is 2.99. The van der Waals surface area contributed by atoms with Gasteiger partial charge in [-0.25, -0.2) is 0 Å². The second-order valence-corrected chi connectivity index (χ2v) is 5.69. The minimum atomic E-state index is -0.488. The third-order valence-electron chi connectivity index (χ3n) is 3.41. The van der Waals surface area contributed by atoms with E-state index in [0.29, 0.717) is 11.3 Å². The Labute approximate surface area is 139 Å². The zero-order chi connectivity index (χ0) is 16.4. The summed E-state index contributed by atoms with van der Waals surface area (Å²) in [6.07, 6.45) is 0. The summed E-state index contributed by atoms with van der Waals surface area (Å²) in [5.74, 6) is 0.206. The lowest BCUT2D eigenvalue weighted by Crippen LogP contribution is -1.94. The van der Waals surface area contributed by atoms with Gasteiger partial charge in [0.1, 0.15) is 5.69 Å². The molecule has 0 unspecified atom stereocenters. The fourth-order valence-corrected chi connectivity index (χ4v) is 2.59. The van der Waals surface area contributed by atoms with Crippen molar-refractivity contribution in [3.05, 3.63) is 68.7 Å². The van der Waals surface area contributed by atoms with E-state index in [2.05, 4.69) is 21.1 Å². The van der Waals surface area contributed by atoms with Gasteiger partial charge in [-0.15, -0.1) is 0 Å². The van der Waals surface area contributed by atoms with Crippen molar-refractivity contribution in [1.29, 1.82) is 0 Å². The topological polar surface area (TPSA) is 89.4 Å². The van der Waals surface area contributed by atoms with Crippen molar-refractivity contribution in [1.82, 2.24) is 5.16 Å². The summed E-state index contributed by atoms with van der Waals surface area (Å²) in [4.78, 5) is 10.7. The van der Waals surface area contributed by atoms with Crippen molar-refractivity contribution in [2.75, 3.05) is 0 Å². The molecule has 0 aliphatic carbocycles. The lowest BCUT2D eigenvalue weighted by atomic mass is 10.0. The SMILES string of the molecule is O=[N+]([O-])c1ccccc1-c1onc(-c2ccc(Br)cc2)c1CO. The number of hydrogen-bond acceptors (Lipinski definition) is 5. The van der Waals surface area contributed by atoms with Crippen LogP contribution in [0.25, 0.3) is 22.6 Å². The smallest absolute Gasteiger partial charge is 0.280 e. The minimum absolute atomic E-state index is 0.0966. The molecule has 0 radical (unpaired) electrons. The Balaban J connectivity index is 2.16. The summed E-state index contributed by atoms with van der Waals surface area (Å²) in [7, 11) is 0. The van der Waals surface area contributed by atoms with Gasteiger partial charge in [0.2, 0.25) is 0 Å². The maximum atomic E-state index is 11.2. The van der Waals surface area contributed by atoms with E-state index in [9.17, 15) is 15.2 Å². The third-order valence-corrected chi connectivity index (χ3v) is 3.94. The fourth-order valence-electron chi connectivity index (χ4n) is 2.33. The molecule has 1 aromatic heterocycles. The van der Waals surface area contributed by atoms with Crippen LogP contribution in [0.3, 0.4) is 0 Å². The van der Waals surface area contributed by atoms with Crippen LogP contribution in [-0.2, 0) is 6.61 Å². The zero-order valence-electron chi connectivity index (χ0n) is 11.8. The molecule has 0 aliphatic heterocycles. The monoisotopic (exact) mass is 374 g/mol. The number of rotatable bonds is 4. The van der Waals surface area contributed by atoms with Crippen LogP contribution in [0, 0.1) is 10.1 Å². The first-order valence-corrected chi connectivity index (χ1v) is 7.50. The molecule has 23 heavy (non-hydrogen) atoms. The number of nitrogens with zero attached hydrogens (tertiary/aromatic N) is 2. The van der Waals surface area contributed by atoms with Crippen molar-refractivity contribution < 1.29 is 14.6 Å². The summed E-state index contributed by atoms with van der Waals surface area (Å²) in [6.45, 7) is -0.337. The summed E-state index contributed by atoms with van der Waals surface area (Å²) in [6, 6.07) is 13.5. The number of aliphatic hydroxyl groups excluding tert-OH is 1. The molecule has 7 heteroatoms. The summed E-state index contributed by atoms with van der Waals surface area (Å²) < 4.78 is 6.23. The van der Waals surface area contributed by atoms with Crippen LogP contribution < -0.4 is 0 Å². The van der Waals surface area contributed by atoms with E-state index in [1.807, 2.05) is 24.3 Å². The van der Waals surface area contributed by atoms with Gasteiger partial charge in [-0.1, -0.05) is 45.4 Å². The second-order valence-electron chi connectivity index (χ2n) is 4.78. The number of para-hydroxylation sites is 1. The molecular formula is C16H11BrN2O4. The third kappa shape index (κ3) is 2.88. The predicted octanol–water partition coefficient (Wildman–Crippen LogP) is 4.17. The molecule has 0 fully saturated rings. The molecule has 0 spiro atoms. The van der Waals surface area contributed by atoms with Crippen LogP contribution in [0.15, 0.2) is 57.5 Å². The molecule has 6 nitrogen and oxygen atoms in total. The molecule has 116 valence electrons. The highest BCUT2D eigenvalue weighted by atomic mass is 79.9. The zero-order valence-corrected chi connectivity index (χ0v) is 13.4. The standard InChI is InChI=1S/C16H11BrN2O4/c17-11-7-5-10(6-8-11)15-13(9-20)16(23-18-15)12-3-1-2-4-14(12)19(21)22/h1-8,20H,9H2. The van der Waals surface area contributed by atoms with Crippen molar-refractivity contribution in [3.8, 4) is 22.6 Å². The maximum absolute atomic E-state index is 11.2. The van der Waals surface area contributed by atoms with E-state index in [1.54, 1.807) is 18.2 Å². The van der Waals surface area contributed by atoms with Gasteiger partial charge < -0.3 is 9.63 Å². The first-order valence-electron chi connectivity index (χ1n) is 6.71. The molecule has 2 aromatic carbocycles. The number of nitro benzene ring substituents is 1. The predicted molar refractivity (Wildman–Crippen MR) is 87.7 cm³/mol. The minimum Gasteiger partial charge on any atom is -0.391 e. The summed E-state index contributed by atoms with van der Waals surface area (Å²) in [5, 5.41) is 24.9. The number of nitro groups is 1. The maximum Gasteiger partial charge on any atom is 0.280 e. The van der Waals surface area contributed by atoms with Crippen molar-refractivity contribution in [2.45, 2.75) is 6.61 Å². The van der Waals surface area contributed by atoms with Crippen molar-refractivity contribution >= 4 is 21.6 Å². The number of aromatic nitrogens is 1. The van der Waals surface area contributed by atoms with Crippen LogP contribution in [0.4, 0.5) is 5.69 Å². The van der Waals surface area contributed by atoms with Crippen LogP contribution in [-0.4, -0.2) is 15.2 Å². The highest BCUT2D eigenvalue weighted by Gasteiger charge is 2.24. The molecule has 3 aromatic rings. The Morgan fingerprint density at radius 3 is 2.52 bits per heavy atom. The van der Waals surface area contributed by atoms with Crippen molar-refractivity contribution in [3.63, 3.8) is 0 Å².